The van der Waals surface area contributed by atoms with Crippen molar-refractivity contribution in [1.82, 2.24) is 15.0 Å². The number of hydrogen-bond donors (Lipinski definition) is 2. The Balaban J connectivity index is 2.32. The fraction of sp³-hybridized carbons (Fsp3) is 0.250. The van der Waals surface area contributed by atoms with E-state index < -0.39 is 0 Å². The van der Waals surface area contributed by atoms with E-state index in [1.807, 2.05) is 19.1 Å². The predicted molar refractivity (Wildman–Crippen MR) is 83.0 cm³/mol. The summed E-state index contributed by atoms with van der Waals surface area (Å²) in [5, 5.41) is 6.69. The maximum Gasteiger partial charge on any atom is 0.322 e. The number of ether oxygens (including phenoxy) is 1. The van der Waals surface area contributed by atoms with Crippen molar-refractivity contribution in [3.8, 4) is 6.01 Å². The molecule has 2 N–H and O–H groups in total. The lowest BCUT2D eigenvalue weighted by Gasteiger charge is -2.10. The molecule has 106 valence electrons. The van der Waals surface area contributed by atoms with E-state index in [0.717, 1.165) is 10.2 Å². The first-order valence-corrected chi connectivity index (χ1v) is 7.06. The molecule has 20 heavy (non-hydrogen) atoms. The zero-order chi connectivity index (χ0) is 14.5. The van der Waals surface area contributed by atoms with E-state index in [0.29, 0.717) is 23.5 Å². The van der Waals surface area contributed by atoms with Gasteiger partial charge < -0.3 is 15.4 Å². The number of anilines is 3. The first-order valence-electron chi connectivity index (χ1n) is 5.89. The lowest BCUT2D eigenvalue weighted by atomic mass is 10.3. The van der Waals surface area contributed by atoms with Crippen LogP contribution in [0.1, 0.15) is 6.92 Å². The van der Waals surface area contributed by atoms with Gasteiger partial charge in [0.2, 0.25) is 11.9 Å². The van der Waals surface area contributed by atoms with Crippen LogP contribution in [0.25, 0.3) is 0 Å². The molecule has 0 radical (unpaired) electrons. The number of benzene rings is 1. The summed E-state index contributed by atoms with van der Waals surface area (Å²) in [5.41, 5.74) is 0.758. The molecule has 2 aromatic rings. The van der Waals surface area contributed by atoms with Crippen LogP contribution in [-0.2, 0) is 0 Å². The van der Waals surface area contributed by atoms with Crippen LogP contribution in [0.2, 0.25) is 5.02 Å². The van der Waals surface area contributed by atoms with Gasteiger partial charge in [-0.05, 0) is 35.0 Å². The molecule has 0 aliphatic heterocycles. The second kappa shape index (κ2) is 6.71. The van der Waals surface area contributed by atoms with Crippen LogP contribution in [0.5, 0.6) is 6.01 Å². The zero-order valence-corrected chi connectivity index (χ0v) is 13.3. The summed E-state index contributed by atoms with van der Waals surface area (Å²) in [6.07, 6.45) is 0. The lowest BCUT2D eigenvalue weighted by Crippen LogP contribution is -2.08. The second-order valence-electron chi connectivity index (χ2n) is 3.73. The Labute approximate surface area is 130 Å². The van der Waals surface area contributed by atoms with E-state index in [-0.39, 0.29) is 6.01 Å². The van der Waals surface area contributed by atoms with Crippen LogP contribution in [-0.4, -0.2) is 28.6 Å². The molecule has 0 atom stereocenters. The average Bonchev–Trinajstić information content (AvgIpc) is 2.44. The lowest BCUT2D eigenvalue weighted by molar-refractivity contribution is 0.379. The van der Waals surface area contributed by atoms with Gasteiger partial charge in [0, 0.05) is 6.54 Å². The van der Waals surface area contributed by atoms with Crippen molar-refractivity contribution in [3.05, 3.63) is 27.7 Å². The summed E-state index contributed by atoms with van der Waals surface area (Å²) in [6, 6.07) is 5.71. The van der Waals surface area contributed by atoms with Crippen molar-refractivity contribution >= 4 is 45.1 Å². The smallest absolute Gasteiger partial charge is 0.322 e. The second-order valence-corrected chi connectivity index (χ2v) is 4.93. The van der Waals surface area contributed by atoms with E-state index in [1.165, 1.54) is 7.11 Å². The number of nitrogens with one attached hydrogen (secondary N) is 2. The number of methoxy groups -OCH3 is 1. The van der Waals surface area contributed by atoms with E-state index in [4.69, 9.17) is 16.3 Å². The van der Waals surface area contributed by atoms with E-state index in [9.17, 15) is 0 Å². The summed E-state index contributed by atoms with van der Waals surface area (Å²) in [4.78, 5) is 12.5. The summed E-state index contributed by atoms with van der Waals surface area (Å²) in [7, 11) is 1.50. The Morgan fingerprint density at radius 2 is 2.00 bits per heavy atom. The molecule has 6 nitrogen and oxygen atoms in total. The molecule has 0 saturated carbocycles. The molecule has 0 bridgehead atoms. The largest absolute Gasteiger partial charge is 0.467 e. The molecule has 0 unspecified atom stereocenters. The predicted octanol–water partition coefficient (Wildman–Crippen LogP) is 3.47. The highest BCUT2D eigenvalue weighted by Gasteiger charge is 2.09. The molecule has 0 saturated heterocycles. The third-order valence-electron chi connectivity index (χ3n) is 2.33. The van der Waals surface area contributed by atoms with Crippen LogP contribution >= 0.6 is 27.5 Å². The molecule has 0 spiro atoms. The van der Waals surface area contributed by atoms with Gasteiger partial charge in [0.15, 0.2) is 0 Å². The van der Waals surface area contributed by atoms with Gasteiger partial charge in [-0.1, -0.05) is 17.7 Å². The first-order chi connectivity index (χ1) is 9.63. The van der Waals surface area contributed by atoms with Crippen LogP contribution < -0.4 is 15.4 Å². The fourth-order valence-electron chi connectivity index (χ4n) is 1.46. The Kier molecular flexibility index (Phi) is 4.97. The Hall–Kier alpha value is -1.60. The van der Waals surface area contributed by atoms with Gasteiger partial charge >= 0.3 is 6.01 Å². The molecule has 0 fully saturated rings. The van der Waals surface area contributed by atoms with Gasteiger partial charge in [-0.3, -0.25) is 0 Å². The van der Waals surface area contributed by atoms with Crippen LogP contribution in [0.3, 0.4) is 0 Å². The highest BCUT2D eigenvalue weighted by atomic mass is 79.9. The van der Waals surface area contributed by atoms with Gasteiger partial charge in [-0.2, -0.15) is 15.0 Å². The van der Waals surface area contributed by atoms with Crippen LogP contribution in [0.4, 0.5) is 17.6 Å². The van der Waals surface area contributed by atoms with Gasteiger partial charge in [0.1, 0.15) is 0 Å². The number of rotatable bonds is 5. The third-order valence-corrected chi connectivity index (χ3v) is 3.73. The maximum atomic E-state index is 6.04. The quantitative estimate of drug-likeness (QED) is 0.852. The van der Waals surface area contributed by atoms with Crippen molar-refractivity contribution in [3.63, 3.8) is 0 Å². The topological polar surface area (TPSA) is 72.0 Å². The molecule has 0 aliphatic carbocycles. The SMILES string of the molecule is CCNc1nc(Nc2cccc(Cl)c2Br)nc(OC)n1. The number of nitrogens with zero attached hydrogens (tertiary/aromatic N) is 3. The van der Waals surface area contributed by atoms with Gasteiger partial charge in [-0.25, -0.2) is 0 Å². The summed E-state index contributed by atoms with van der Waals surface area (Å²) in [5.74, 6) is 0.816. The van der Waals surface area contributed by atoms with E-state index in [1.54, 1.807) is 6.07 Å². The fourth-order valence-corrected chi connectivity index (χ4v) is 2.00. The maximum absolute atomic E-state index is 6.04. The molecule has 8 heteroatoms. The minimum absolute atomic E-state index is 0.233. The molecule has 0 aliphatic rings. The molecular formula is C12H13BrClN5O. The summed E-state index contributed by atoms with van der Waals surface area (Å²) < 4.78 is 5.80. The molecule has 0 amide bonds. The average molecular weight is 359 g/mol. The standard InChI is InChI=1S/C12H13BrClN5O/c1-3-15-10-17-11(19-12(18-10)20-2)16-8-6-4-5-7(14)9(8)13/h4-6H,3H2,1-2H3,(H2,15,16,17,18,19). The zero-order valence-electron chi connectivity index (χ0n) is 10.9. The van der Waals surface area contributed by atoms with Gasteiger partial charge in [-0.15, -0.1) is 0 Å². The van der Waals surface area contributed by atoms with Crippen molar-refractivity contribution in [2.24, 2.45) is 0 Å². The van der Waals surface area contributed by atoms with Crippen molar-refractivity contribution in [1.29, 1.82) is 0 Å². The van der Waals surface area contributed by atoms with Crippen LogP contribution in [0, 0.1) is 0 Å². The number of aromatic nitrogens is 3. The van der Waals surface area contributed by atoms with Crippen molar-refractivity contribution < 1.29 is 4.74 Å². The van der Waals surface area contributed by atoms with Crippen molar-refractivity contribution in [2.45, 2.75) is 6.92 Å². The Morgan fingerprint density at radius 1 is 1.25 bits per heavy atom. The molecule has 2 rings (SSSR count). The Bertz CT molecular complexity index is 610. The highest BCUT2D eigenvalue weighted by molar-refractivity contribution is 9.10. The third kappa shape index (κ3) is 3.49. The molecule has 1 aromatic carbocycles. The van der Waals surface area contributed by atoms with E-state index >= 15 is 0 Å². The monoisotopic (exact) mass is 357 g/mol. The minimum atomic E-state index is 0.233. The number of halogens is 2. The van der Waals surface area contributed by atoms with E-state index in [2.05, 4.69) is 41.5 Å². The van der Waals surface area contributed by atoms with Gasteiger partial charge in [0.25, 0.3) is 0 Å². The Morgan fingerprint density at radius 3 is 2.70 bits per heavy atom. The van der Waals surface area contributed by atoms with Gasteiger partial charge in [0.05, 0.1) is 22.3 Å². The highest BCUT2D eigenvalue weighted by Crippen LogP contribution is 2.31. The number of hydrogen-bond acceptors (Lipinski definition) is 6. The minimum Gasteiger partial charge on any atom is -0.467 e. The normalized spacial score (nSPS) is 10.2. The van der Waals surface area contributed by atoms with Crippen LogP contribution in [0.15, 0.2) is 22.7 Å². The molecule has 1 heterocycles. The molecule has 1 aromatic heterocycles. The summed E-state index contributed by atoms with van der Waals surface area (Å²) >= 11 is 9.45. The molecular weight excluding hydrogens is 346 g/mol. The summed E-state index contributed by atoms with van der Waals surface area (Å²) in [6.45, 7) is 2.66. The van der Waals surface area contributed by atoms with Crippen molar-refractivity contribution in [2.75, 3.05) is 24.3 Å². The first kappa shape index (κ1) is 14.8.